The Bertz CT molecular complexity index is 270. The first-order valence-electron chi connectivity index (χ1n) is 5.79. The van der Waals surface area contributed by atoms with Crippen molar-refractivity contribution in [2.75, 3.05) is 13.1 Å². The topological polar surface area (TPSA) is 42.4 Å². The Hall–Kier alpha value is -0.800. The van der Waals surface area contributed by atoms with Gasteiger partial charge in [0.25, 0.3) is 0 Å². The third kappa shape index (κ3) is 3.68. The fraction of sp³-hybridized carbons (Fsp3) is 0.667. The lowest BCUT2D eigenvalue weighted by molar-refractivity contribution is 0.273. The first-order valence-corrected chi connectivity index (χ1v) is 5.79. The van der Waals surface area contributed by atoms with E-state index < -0.39 is 0 Å². The monoisotopic (exact) mass is 210 g/mol. The minimum Gasteiger partial charge on any atom is -0.468 e. The first kappa shape index (κ1) is 12.3. The second-order valence-electron chi connectivity index (χ2n) is 3.80. The zero-order valence-electron chi connectivity index (χ0n) is 9.83. The molecule has 0 spiro atoms. The van der Waals surface area contributed by atoms with Gasteiger partial charge in [-0.15, -0.1) is 0 Å². The maximum atomic E-state index is 5.60. The van der Waals surface area contributed by atoms with E-state index in [2.05, 4.69) is 18.7 Å². The smallest absolute Gasteiger partial charge is 0.121 e. The summed E-state index contributed by atoms with van der Waals surface area (Å²) in [6.45, 7) is 8.10. The fourth-order valence-corrected chi connectivity index (χ4v) is 1.66. The molecule has 0 saturated carbocycles. The van der Waals surface area contributed by atoms with Crippen molar-refractivity contribution in [1.82, 2.24) is 4.90 Å². The highest BCUT2D eigenvalue weighted by atomic mass is 16.3. The SMILES string of the molecule is CCCCN(CC)Cc1ccoc1CN. The van der Waals surface area contributed by atoms with Crippen LogP contribution in [-0.4, -0.2) is 18.0 Å². The van der Waals surface area contributed by atoms with Crippen molar-refractivity contribution in [2.24, 2.45) is 5.73 Å². The molecule has 0 aliphatic heterocycles. The van der Waals surface area contributed by atoms with Gasteiger partial charge in [0.05, 0.1) is 12.8 Å². The highest BCUT2D eigenvalue weighted by Crippen LogP contribution is 2.13. The van der Waals surface area contributed by atoms with Crippen LogP contribution in [0.3, 0.4) is 0 Å². The average molecular weight is 210 g/mol. The molecule has 0 aliphatic carbocycles. The van der Waals surface area contributed by atoms with E-state index in [-0.39, 0.29) is 0 Å². The third-order valence-electron chi connectivity index (χ3n) is 2.69. The lowest BCUT2D eigenvalue weighted by atomic mass is 10.2. The van der Waals surface area contributed by atoms with Crippen LogP contribution in [-0.2, 0) is 13.1 Å². The highest BCUT2D eigenvalue weighted by Gasteiger charge is 2.08. The first-order chi connectivity index (χ1) is 7.31. The number of unbranched alkanes of at least 4 members (excludes halogenated alkanes) is 1. The molecule has 86 valence electrons. The number of rotatable bonds is 7. The van der Waals surface area contributed by atoms with Crippen molar-refractivity contribution in [3.8, 4) is 0 Å². The predicted molar refractivity (Wildman–Crippen MR) is 62.5 cm³/mol. The van der Waals surface area contributed by atoms with Gasteiger partial charge in [-0.05, 0) is 25.6 Å². The van der Waals surface area contributed by atoms with Crippen molar-refractivity contribution >= 4 is 0 Å². The van der Waals surface area contributed by atoms with Crippen molar-refractivity contribution in [1.29, 1.82) is 0 Å². The van der Waals surface area contributed by atoms with Crippen molar-refractivity contribution < 1.29 is 4.42 Å². The summed E-state index contributed by atoms with van der Waals surface area (Å²) >= 11 is 0. The number of nitrogens with two attached hydrogens (primary N) is 1. The standard InChI is InChI=1S/C12H22N2O/c1-3-5-7-14(4-2)10-11-6-8-15-12(11)9-13/h6,8H,3-5,7,9-10,13H2,1-2H3. The van der Waals surface area contributed by atoms with Gasteiger partial charge in [-0.1, -0.05) is 20.3 Å². The van der Waals surface area contributed by atoms with Crippen LogP contribution >= 0.6 is 0 Å². The Balaban J connectivity index is 2.50. The molecular formula is C12H22N2O. The van der Waals surface area contributed by atoms with Gasteiger partial charge in [-0.3, -0.25) is 4.90 Å². The molecule has 1 heterocycles. The van der Waals surface area contributed by atoms with E-state index in [9.17, 15) is 0 Å². The zero-order chi connectivity index (χ0) is 11.1. The van der Waals surface area contributed by atoms with Crippen molar-refractivity contribution in [3.63, 3.8) is 0 Å². The minimum absolute atomic E-state index is 0.494. The predicted octanol–water partition coefficient (Wildman–Crippen LogP) is 2.36. The molecule has 3 nitrogen and oxygen atoms in total. The molecule has 0 unspecified atom stereocenters. The summed E-state index contributed by atoms with van der Waals surface area (Å²) in [5, 5.41) is 0. The average Bonchev–Trinajstić information content (AvgIpc) is 2.71. The number of hydrogen-bond acceptors (Lipinski definition) is 3. The maximum absolute atomic E-state index is 5.60. The minimum atomic E-state index is 0.494. The quantitative estimate of drug-likeness (QED) is 0.751. The van der Waals surface area contributed by atoms with E-state index >= 15 is 0 Å². The molecule has 1 rings (SSSR count). The molecule has 0 aliphatic rings. The molecule has 0 amide bonds. The summed E-state index contributed by atoms with van der Waals surface area (Å²) in [6, 6.07) is 2.02. The summed E-state index contributed by atoms with van der Waals surface area (Å²) in [5.74, 6) is 0.921. The largest absolute Gasteiger partial charge is 0.468 e. The lowest BCUT2D eigenvalue weighted by Gasteiger charge is -2.19. The summed E-state index contributed by atoms with van der Waals surface area (Å²) in [7, 11) is 0. The van der Waals surface area contributed by atoms with Gasteiger partial charge in [0, 0.05) is 12.1 Å². The molecule has 3 heteroatoms. The van der Waals surface area contributed by atoms with E-state index in [1.165, 1.54) is 18.4 Å². The van der Waals surface area contributed by atoms with Gasteiger partial charge in [-0.25, -0.2) is 0 Å². The summed E-state index contributed by atoms with van der Waals surface area (Å²) in [6.07, 6.45) is 4.22. The molecule has 15 heavy (non-hydrogen) atoms. The van der Waals surface area contributed by atoms with Crippen molar-refractivity contribution in [3.05, 3.63) is 23.7 Å². The Morgan fingerprint density at radius 3 is 2.80 bits per heavy atom. The third-order valence-corrected chi connectivity index (χ3v) is 2.69. The molecule has 1 aromatic heterocycles. The molecule has 0 fully saturated rings. The Morgan fingerprint density at radius 1 is 1.40 bits per heavy atom. The number of hydrogen-bond donors (Lipinski definition) is 1. The summed E-state index contributed by atoms with van der Waals surface area (Å²) < 4.78 is 5.31. The Morgan fingerprint density at radius 2 is 2.20 bits per heavy atom. The Labute approximate surface area is 92.2 Å². The molecular weight excluding hydrogens is 188 g/mol. The van der Waals surface area contributed by atoms with Crippen LogP contribution in [0, 0.1) is 0 Å². The normalized spacial score (nSPS) is 11.2. The fourth-order valence-electron chi connectivity index (χ4n) is 1.66. The van der Waals surface area contributed by atoms with Crippen LogP contribution in [0.5, 0.6) is 0 Å². The molecule has 1 aromatic rings. The second-order valence-corrected chi connectivity index (χ2v) is 3.80. The molecule has 0 saturated heterocycles. The van der Waals surface area contributed by atoms with Gasteiger partial charge >= 0.3 is 0 Å². The number of furan rings is 1. The van der Waals surface area contributed by atoms with Crippen LogP contribution in [0.1, 0.15) is 38.0 Å². The van der Waals surface area contributed by atoms with Gasteiger partial charge in [0.1, 0.15) is 5.76 Å². The zero-order valence-corrected chi connectivity index (χ0v) is 9.83. The number of nitrogens with zero attached hydrogens (tertiary/aromatic N) is 1. The summed E-state index contributed by atoms with van der Waals surface area (Å²) in [4.78, 5) is 2.42. The summed E-state index contributed by atoms with van der Waals surface area (Å²) in [5.41, 5.74) is 6.83. The van der Waals surface area contributed by atoms with Gasteiger partial charge in [0.15, 0.2) is 0 Å². The molecule has 0 atom stereocenters. The van der Waals surface area contributed by atoms with E-state index in [1.54, 1.807) is 6.26 Å². The molecule has 0 aromatic carbocycles. The second kappa shape index (κ2) is 6.64. The van der Waals surface area contributed by atoms with Crippen LogP contribution in [0.15, 0.2) is 16.7 Å². The molecule has 0 radical (unpaired) electrons. The molecule has 0 bridgehead atoms. The van der Waals surface area contributed by atoms with Gasteiger partial charge < -0.3 is 10.2 Å². The lowest BCUT2D eigenvalue weighted by Crippen LogP contribution is -2.24. The van der Waals surface area contributed by atoms with E-state index in [0.717, 1.165) is 25.4 Å². The van der Waals surface area contributed by atoms with Crippen LogP contribution in [0.4, 0.5) is 0 Å². The maximum Gasteiger partial charge on any atom is 0.121 e. The molecule has 2 N–H and O–H groups in total. The van der Waals surface area contributed by atoms with Gasteiger partial charge in [-0.2, -0.15) is 0 Å². The van der Waals surface area contributed by atoms with Crippen LogP contribution in [0.25, 0.3) is 0 Å². The van der Waals surface area contributed by atoms with E-state index in [4.69, 9.17) is 10.2 Å². The Kier molecular flexibility index (Phi) is 5.43. The van der Waals surface area contributed by atoms with Gasteiger partial charge in [0.2, 0.25) is 0 Å². The van der Waals surface area contributed by atoms with Crippen LogP contribution in [0.2, 0.25) is 0 Å². The van der Waals surface area contributed by atoms with E-state index in [0.29, 0.717) is 6.54 Å². The van der Waals surface area contributed by atoms with Crippen molar-refractivity contribution in [2.45, 2.75) is 39.8 Å². The van der Waals surface area contributed by atoms with Crippen LogP contribution < -0.4 is 5.73 Å². The van der Waals surface area contributed by atoms with E-state index in [1.807, 2.05) is 6.07 Å². The highest BCUT2D eigenvalue weighted by molar-refractivity contribution is 5.16.